The largest absolute Gasteiger partial charge is 0.423 e. The van der Waals surface area contributed by atoms with Gasteiger partial charge in [-0.15, -0.1) is 0 Å². The maximum absolute atomic E-state index is 14.3. The van der Waals surface area contributed by atoms with E-state index in [2.05, 4.69) is 191 Å². The number of fused-ring (bicyclic) bond motifs is 8. The molecule has 0 bridgehead atoms. The maximum Gasteiger partial charge on any atom is 0.344 e. The minimum atomic E-state index is -0.388. The van der Waals surface area contributed by atoms with Gasteiger partial charge in [-0.05, 0) is 132 Å². The molecule has 300 valence electrons. The predicted octanol–water partition coefficient (Wildman–Crippen LogP) is 15.5. The van der Waals surface area contributed by atoms with Crippen LogP contribution in [-0.2, 0) is 17.3 Å². The lowest BCUT2D eigenvalue weighted by Crippen LogP contribution is -2.18. The predicted molar refractivity (Wildman–Crippen MR) is 257 cm³/mol. The SMILES string of the molecule is CCc1ccc2ccccc2c1-c1ccc(OC(=O)c2cccc3c(N(c4ccc5c(c4)C(C)(C)c4ccccc4-5)c4ccc5c(c4)C(C)(C)c4ccccc4-5)cccc23)cc1. The van der Waals surface area contributed by atoms with Gasteiger partial charge in [0.1, 0.15) is 5.75 Å². The lowest BCUT2D eigenvalue weighted by Gasteiger charge is -2.30. The van der Waals surface area contributed by atoms with Crippen LogP contribution >= 0.6 is 0 Å². The fourth-order valence-corrected chi connectivity index (χ4v) is 10.6. The smallest absolute Gasteiger partial charge is 0.344 e. The molecule has 0 radical (unpaired) electrons. The van der Waals surface area contributed by atoms with E-state index in [0.717, 1.165) is 39.8 Å². The molecule has 0 N–H and O–H groups in total. The van der Waals surface area contributed by atoms with Crippen LogP contribution in [0.4, 0.5) is 17.1 Å². The molecule has 11 rings (SSSR count). The van der Waals surface area contributed by atoms with Gasteiger partial charge in [0.15, 0.2) is 0 Å². The van der Waals surface area contributed by atoms with Gasteiger partial charge in [0, 0.05) is 27.6 Å². The van der Waals surface area contributed by atoms with E-state index in [1.807, 2.05) is 30.3 Å². The fraction of sp³-hybridized carbons (Fsp3) is 0.136. The summed E-state index contributed by atoms with van der Waals surface area (Å²) < 4.78 is 6.17. The van der Waals surface area contributed by atoms with E-state index in [9.17, 15) is 4.79 Å². The summed E-state index contributed by atoms with van der Waals surface area (Å²) >= 11 is 0. The molecular weight excluding hydrogens is 755 g/mol. The number of carbonyl (C=O) groups is 1. The summed E-state index contributed by atoms with van der Waals surface area (Å²) in [6, 6.07) is 64.5. The zero-order valence-corrected chi connectivity index (χ0v) is 35.8. The Morgan fingerprint density at radius 1 is 0.500 bits per heavy atom. The van der Waals surface area contributed by atoms with Gasteiger partial charge in [-0.25, -0.2) is 4.79 Å². The van der Waals surface area contributed by atoms with Gasteiger partial charge < -0.3 is 9.64 Å². The van der Waals surface area contributed by atoms with Gasteiger partial charge in [0.05, 0.1) is 11.3 Å². The molecule has 3 heteroatoms. The first kappa shape index (κ1) is 37.7. The van der Waals surface area contributed by atoms with E-state index < -0.39 is 0 Å². The van der Waals surface area contributed by atoms with Gasteiger partial charge in [-0.3, -0.25) is 0 Å². The third kappa shape index (κ3) is 5.75. The third-order valence-electron chi connectivity index (χ3n) is 13.8. The molecule has 0 unspecified atom stereocenters. The highest BCUT2D eigenvalue weighted by Crippen LogP contribution is 2.53. The molecule has 0 amide bonds. The number of aryl methyl sites for hydroxylation is 1. The Bertz CT molecular complexity index is 3170. The molecule has 62 heavy (non-hydrogen) atoms. The van der Waals surface area contributed by atoms with Crippen molar-refractivity contribution in [3.8, 4) is 39.1 Å². The van der Waals surface area contributed by atoms with Crippen LogP contribution in [0.15, 0.2) is 182 Å². The summed E-state index contributed by atoms with van der Waals surface area (Å²) in [5.41, 5.74) is 17.4. The first-order chi connectivity index (χ1) is 30.1. The molecule has 0 heterocycles. The zero-order chi connectivity index (χ0) is 42.3. The standard InChI is InChI=1S/C59H47NO2/c1-6-37-25-26-38-15-7-8-16-43(38)56(37)39-27-31-42(32-28-39)62-57(61)50-21-13-20-49-44(50)19-14-24-55(49)60(40-29-33-47-45-17-9-11-22-51(45)58(2,3)53(47)35-40)41-30-34-48-46-18-10-12-23-52(46)59(4,5)54(48)36-41/h7-36H,6H2,1-5H3. The molecule has 0 atom stereocenters. The molecule has 0 saturated carbocycles. The van der Waals surface area contributed by atoms with Crippen molar-refractivity contribution in [1.29, 1.82) is 0 Å². The molecule has 0 fully saturated rings. The molecule has 3 nitrogen and oxygen atoms in total. The van der Waals surface area contributed by atoms with Gasteiger partial charge in [-0.1, -0.05) is 168 Å². The Morgan fingerprint density at radius 2 is 1.05 bits per heavy atom. The van der Waals surface area contributed by atoms with Crippen LogP contribution in [0.2, 0.25) is 0 Å². The third-order valence-corrected chi connectivity index (χ3v) is 13.8. The Kier molecular flexibility index (Phi) is 8.63. The van der Waals surface area contributed by atoms with Crippen molar-refractivity contribution in [3.63, 3.8) is 0 Å². The Labute approximate surface area is 363 Å². The Morgan fingerprint density at radius 3 is 1.69 bits per heavy atom. The second kappa shape index (κ2) is 14.2. The number of benzene rings is 9. The molecule has 0 aromatic heterocycles. The van der Waals surface area contributed by atoms with Crippen LogP contribution in [0, 0.1) is 0 Å². The summed E-state index contributed by atoms with van der Waals surface area (Å²) in [5, 5.41) is 4.23. The molecule has 0 spiro atoms. The highest BCUT2D eigenvalue weighted by Gasteiger charge is 2.38. The van der Waals surface area contributed by atoms with Crippen molar-refractivity contribution in [2.24, 2.45) is 0 Å². The van der Waals surface area contributed by atoms with E-state index >= 15 is 0 Å². The van der Waals surface area contributed by atoms with E-state index in [-0.39, 0.29) is 16.8 Å². The molecular formula is C59H47NO2. The number of nitrogens with zero attached hydrogens (tertiary/aromatic N) is 1. The van der Waals surface area contributed by atoms with Crippen molar-refractivity contribution in [2.75, 3.05) is 4.90 Å². The highest BCUT2D eigenvalue weighted by atomic mass is 16.5. The number of rotatable bonds is 7. The van der Waals surface area contributed by atoms with Crippen molar-refractivity contribution in [2.45, 2.75) is 51.9 Å². The number of carbonyl (C=O) groups excluding carboxylic acids is 1. The number of hydrogen-bond donors (Lipinski definition) is 0. The summed E-state index contributed by atoms with van der Waals surface area (Å²) in [5.74, 6) is 0.121. The maximum atomic E-state index is 14.3. The van der Waals surface area contributed by atoms with Crippen LogP contribution in [0.5, 0.6) is 5.75 Å². The van der Waals surface area contributed by atoms with Crippen molar-refractivity contribution in [3.05, 3.63) is 215 Å². The van der Waals surface area contributed by atoms with Crippen LogP contribution in [0.25, 0.3) is 54.9 Å². The number of anilines is 3. The number of esters is 1. The number of hydrogen-bond acceptors (Lipinski definition) is 3. The fourth-order valence-electron chi connectivity index (χ4n) is 10.6. The number of ether oxygens (including phenoxy) is 1. The van der Waals surface area contributed by atoms with E-state index in [0.29, 0.717) is 11.3 Å². The summed E-state index contributed by atoms with van der Waals surface area (Å²) in [4.78, 5) is 16.6. The zero-order valence-electron chi connectivity index (χ0n) is 35.8. The van der Waals surface area contributed by atoms with Crippen molar-refractivity contribution in [1.82, 2.24) is 0 Å². The Hall–Kier alpha value is -7.23. The second-order valence-electron chi connectivity index (χ2n) is 17.9. The average molecular weight is 802 g/mol. The van der Waals surface area contributed by atoms with Gasteiger partial charge in [0.2, 0.25) is 0 Å². The Balaban J connectivity index is 1.01. The van der Waals surface area contributed by atoms with Crippen LogP contribution in [0.3, 0.4) is 0 Å². The molecule has 2 aliphatic rings. The van der Waals surface area contributed by atoms with Crippen molar-refractivity contribution >= 4 is 44.6 Å². The van der Waals surface area contributed by atoms with Crippen LogP contribution in [0.1, 0.15) is 72.8 Å². The van der Waals surface area contributed by atoms with Gasteiger partial charge in [0.25, 0.3) is 0 Å². The quantitative estimate of drug-likeness (QED) is 0.119. The lowest BCUT2D eigenvalue weighted by molar-refractivity contribution is 0.0737. The molecule has 2 aliphatic carbocycles. The van der Waals surface area contributed by atoms with Crippen molar-refractivity contribution < 1.29 is 9.53 Å². The topological polar surface area (TPSA) is 29.5 Å². The van der Waals surface area contributed by atoms with Crippen LogP contribution < -0.4 is 9.64 Å². The van der Waals surface area contributed by atoms with E-state index in [4.69, 9.17) is 4.74 Å². The summed E-state index contributed by atoms with van der Waals surface area (Å²) in [6.07, 6.45) is 0.925. The first-order valence-corrected chi connectivity index (χ1v) is 21.8. The molecule has 0 saturated heterocycles. The minimum Gasteiger partial charge on any atom is -0.423 e. The second-order valence-corrected chi connectivity index (χ2v) is 17.9. The van der Waals surface area contributed by atoms with E-state index in [1.54, 1.807) is 0 Å². The lowest BCUT2D eigenvalue weighted by atomic mass is 9.82. The summed E-state index contributed by atoms with van der Waals surface area (Å²) in [6.45, 7) is 11.5. The first-order valence-electron chi connectivity index (χ1n) is 21.8. The normalized spacial score (nSPS) is 14.0. The van der Waals surface area contributed by atoms with E-state index in [1.165, 1.54) is 66.4 Å². The average Bonchev–Trinajstić information content (AvgIpc) is 3.67. The highest BCUT2D eigenvalue weighted by molar-refractivity contribution is 6.10. The van der Waals surface area contributed by atoms with Gasteiger partial charge in [-0.2, -0.15) is 0 Å². The molecule has 9 aromatic rings. The molecule has 0 aliphatic heterocycles. The van der Waals surface area contributed by atoms with Crippen LogP contribution in [-0.4, -0.2) is 5.97 Å². The van der Waals surface area contributed by atoms with Gasteiger partial charge >= 0.3 is 5.97 Å². The monoisotopic (exact) mass is 801 g/mol. The minimum absolute atomic E-state index is 0.170. The molecule has 9 aromatic carbocycles. The summed E-state index contributed by atoms with van der Waals surface area (Å²) in [7, 11) is 0.